The predicted molar refractivity (Wildman–Crippen MR) is 122 cm³/mol. The Morgan fingerprint density at radius 3 is 2.73 bits per heavy atom. The second-order valence-electron chi connectivity index (χ2n) is 8.45. The third-order valence-electron chi connectivity index (χ3n) is 4.97. The summed E-state index contributed by atoms with van der Waals surface area (Å²) in [6.45, 7) is 8.43. The molecular weight excluding hydrogens is 416 g/mol. The Morgan fingerprint density at radius 1 is 1.23 bits per heavy atom. The number of nitrogens with zero attached hydrogens (tertiary/aromatic N) is 3. The smallest absolute Gasteiger partial charge is 0.254 e. The fraction of sp³-hybridized carbons (Fsp3) is 0.364. The van der Waals surface area contributed by atoms with E-state index in [4.69, 9.17) is 0 Å². The summed E-state index contributed by atoms with van der Waals surface area (Å²) < 4.78 is 1.61. The van der Waals surface area contributed by atoms with E-state index in [0.717, 1.165) is 27.6 Å². The van der Waals surface area contributed by atoms with Gasteiger partial charge in [0.2, 0.25) is 5.91 Å². The van der Waals surface area contributed by atoms with Gasteiger partial charge in [-0.15, -0.1) is 11.3 Å². The lowest BCUT2D eigenvalue weighted by atomic mass is 9.92. The molecule has 1 amide bonds. The van der Waals surface area contributed by atoms with Crippen LogP contribution < -0.4 is 10.9 Å². The summed E-state index contributed by atoms with van der Waals surface area (Å²) in [6, 6.07) is 9.28. The number of thioether (sulfide) groups is 1. The first kappa shape index (κ1) is 20.8. The lowest BCUT2D eigenvalue weighted by Crippen LogP contribution is -2.37. The second kappa shape index (κ2) is 8.00. The monoisotopic (exact) mass is 440 g/mol. The minimum absolute atomic E-state index is 0.0912. The first-order chi connectivity index (χ1) is 14.2. The minimum Gasteiger partial charge on any atom is -0.326 e. The van der Waals surface area contributed by atoms with Gasteiger partial charge >= 0.3 is 0 Å². The molecule has 1 aliphatic rings. The van der Waals surface area contributed by atoms with Crippen molar-refractivity contribution < 1.29 is 4.79 Å². The quantitative estimate of drug-likeness (QED) is 0.614. The van der Waals surface area contributed by atoms with Gasteiger partial charge in [0.25, 0.3) is 5.56 Å². The van der Waals surface area contributed by atoms with Crippen molar-refractivity contribution in [3.63, 3.8) is 0 Å². The van der Waals surface area contributed by atoms with Crippen LogP contribution in [0.1, 0.15) is 31.5 Å². The molecule has 0 saturated heterocycles. The number of anilines is 1. The maximum absolute atomic E-state index is 12.9. The number of benzene rings is 1. The van der Waals surface area contributed by atoms with Crippen molar-refractivity contribution in [2.24, 2.45) is 5.92 Å². The van der Waals surface area contributed by atoms with Crippen molar-refractivity contribution in [2.75, 3.05) is 11.1 Å². The van der Waals surface area contributed by atoms with E-state index in [9.17, 15) is 9.59 Å². The average Bonchev–Trinajstić information content (AvgIpc) is 3.13. The zero-order valence-corrected chi connectivity index (χ0v) is 19.1. The van der Waals surface area contributed by atoms with Crippen LogP contribution in [0.25, 0.3) is 11.3 Å². The topological polar surface area (TPSA) is 76.9 Å². The van der Waals surface area contributed by atoms with Gasteiger partial charge in [-0.2, -0.15) is 0 Å². The molecule has 1 unspecified atom stereocenters. The number of hydrogen-bond acceptors (Lipinski definition) is 6. The van der Waals surface area contributed by atoms with Gasteiger partial charge in [0.15, 0.2) is 5.16 Å². The number of amides is 1. The van der Waals surface area contributed by atoms with Crippen molar-refractivity contribution in [1.29, 1.82) is 0 Å². The van der Waals surface area contributed by atoms with Crippen LogP contribution in [-0.4, -0.2) is 26.2 Å². The molecule has 8 heteroatoms. The Hall–Kier alpha value is -2.45. The lowest BCUT2D eigenvalue weighted by molar-refractivity contribution is -0.119. The third-order valence-corrected chi connectivity index (χ3v) is 6.89. The maximum Gasteiger partial charge on any atom is 0.254 e. The number of carbonyl (C=O) groups excluding carboxylic acids is 1. The van der Waals surface area contributed by atoms with Crippen molar-refractivity contribution >= 4 is 34.7 Å². The van der Waals surface area contributed by atoms with E-state index in [2.05, 4.69) is 15.3 Å². The molecule has 6 nitrogen and oxygen atoms in total. The van der Waals surface area contributed by atoms with Crippen LogP contribution in [0.2, 0.25) is 0 Å². The molecule has 1 aromatic carbocycles. The molecule has 4 rings (SSSR count). The number of rotatable bonds is 3. The molecule has 0 radical (unpaired) electrons. The summed E-state index contributed by atoms with van der Waals surface area (Å²) in [5.74, 6) is 0.204. The molecule has 30 heavy (non-hydrogen) atoms. The van der Waals surface area contributed by atoms with Gasteiger partial charge < -0.3 is 5.32 Å². The first-order valence-corrected chi connectivity index (χ1v) is 11.7. The van der Waals surface area contributed by atoms with E-state index < -0.39 is 0 Å². The number of fused-ring (bicyclic) bond motifs is 1. The first-order valence-electron chi connectivity index (χ1n) is 9.79. The van der Waals surface area contributed by atoms with Crippen LogP contribution in [0.15, 0.2) is 45.7 Å². The molecule has 0 saturated carbocycles. The highest BCUT2D eigenvalue weighted by Crippen LogP contribution is 2.29. The minimum atomic E-state index is -0.298. The van der Waals surface area contributed by atoms with E-state index in [1.54, 1.807) is 22.0 Å². The highest BCUT2D eigenvalue weighted by atomic mass is 32.2. The molecule has 3 heterocycles. The molecule has 156 valence electrons. The van der Waals surface area contributed by atoms with E-state index in [1.807, 2.05) is 57.3 Å². The van der Waals surface area contributed by atoms with Crippen LogP contribution in [0.4, 0.5) is 5.69 Å². The SMILES string of the molecule is Cc1nc(-c2cccc(NC(=O)C3CSc4nc(C(C)(C)C)cc(=O)n4C3)c2)cs1. The maximum atomic E-state index is 12.9. The summed E-state index contributed by atoms with van der Waals surface area (Å²) in [5, 5.41) is 6.71. The van der Waals surface area contributed by atoms with Gasteiger partial charge in [0.1, 0.15) is 0 Å². The molecular formula is C22H24N4O2S2. The predicted octanol–water partition coefficient (Wildman–Crippen LogP) is 4.33. The number of carbonyl (C=O) groups is 1. The van der Waals surface area contributed by atoms with E-state index >= 15 is 0 Å². The average molecular weight is 441 g/mol. The van der Waals surface area contributed by atoms with Crippen molar-refractivity contribution in [3.8, 4) is 11.3 Å². The number of thiazole rings is 1. The number of aromatic nitrogens is 3. The Kier molecular flexibility index (Phi) is 5.55. The summed E-state index contributed by atoms with van der Waals surface area (Å²) >= 11 is 3.06. The molecule has 0 aliphatic carbocycles. The van der Waals surface area contributed by atoms with Crippen LogP contribution in [0.3, 0.4) is 0 Å². The zero-order valence-electron chi connectivity index (χ0n) is 17.4. The largest absolute Gasteiger partial charge is 0.326 e. The Morgan fingerprint density at radius 2 is 2.03 bits per heavy atom. The molecule has 1 N–H and O–H groups in total. The van der Waals surface area contributed by atoms with Crippen LogP contribution in [-0.2, 0) is 16.8 Å². The van der Waals surface area contributed by atoms with Crippen LogP contribution in [0, 0.1) is 12.8 Å². The van der Waals surface area contributed by atoms with Gasteiger partial charge in [-0.3, -0.25) is 14.2 Å². The molecule has 3 aromatic rings. The fourth-order valence-electron chi connectivity index (χ4n) is 3.25. The number of aryl methyl sites for hydroxylation is 1. The van der Waals surface area contributed by atoms with Crippen LogP contribution >= 0.6 is 23.1 Å². The summed E-state index contributed by atoms with van der Waals surface area (Å²) in [4.78, 5) is 34.7. The van der Waals surface area contributed by atoms with Crippen molar-refractivity contribution in [1.82, 2.24) is 14.5 Å². The molecule has 0 bridgehead atoms. The molecule has 0 spiro atoms. The van der Waals surface area contributed by atoms with Gasteiger partial charge in [-0.1, -0.05) is 44.7 Å². The van der Waals surface area contributed by atoms with Gasteiger partial charge in [0, 0.05) is 40.4 Å². The van der Waals surface area contributed by atoms with E-state index in [-0.39, 0.29) is 22.8 Å². The standard InChI is InChI=1S/C22H24N4O2S2/c1-13-23-17(12-29-13)14-6-5-7-16(8-14)24-20(28)15-10-26-19(27)9-18(22(2,3)4)25-21(26)30-11-15/h5-9,12,15H,10-11H2,1-4H3,(H,24,28). The lowest BCUT2D eigenvalue weighted by Gasteiger charge is -2.26. The number of hydrogen-bond donors (Lipinski definition) is 1. The Labute approximate surface area is 183 Å². The highest BCUT2D eigenvalue weighted by molar-refractivity contribution is 7.99. The molecule has 0 fully saturated rings. The van der Waals surface area contributed by atoms with Gasteiger partial charge in [-0.25, -0.2) is 9.97 Å². The Balaban J connectivity index is 1.50. The second-order valence-corrected chi connectivity index (χ2v) is 10.5. The molecule has 1 aliphatic heterocycles. The van der Waals surface area contributed by atoms with Gasteiger partial charge in [-0.05, 0) is 19.1 Å². The van der Waals surface area contributed by atoms with Crippen molar-refractivity contribution in [2.45, 2.75) is 44.8 Å². The van der Waals surface area contributed by atoms with E-state index in [0.29, 0.717) is 17.5 Å². The number of nitrogens with one attached hydrogen (secondary N) is 1. The zero-order chi connectivity index (χ0) is 21.5. The summed E-state index contributed by atoms with van der Waals surface area (Å²) in [5.41, 5.74) is 3.09. The van der Waals surface area contributed by atoms with Crippen LogP contribution in [0.5, 0.6) is 0 Å². The molecule has 2 aromatic heterocycles. The summed E-state index contributed by atoms with van der Waals surface area (Å²) in [6.07, 6.45) is 0. The highest BCUT2D eigenvalue weighted by Gasteiger charge is 2.28. The van der Waals surface area contributed by atoms with Gasteiger partial charge in [0.05, 0.1) is 22.3 Å². The third kappa shape index (κ3) is 4.34. The fourth-order valence-corrected chi connectivity index (χ4v) is 4.96. The Bertz CT molecular complexity index is 1160. The normalized spacial score (nSPS) is 16.2. The van der Waals surface area contributed by atoms with Crippen molar-refractivity contribution in [3.05, 3.63) is 56.8 Å². The summed E-state index contributed by atoms with van der Waals surface area (Å²) in [7, 11) is 0. The molecule has 1 atom stereocenters. The van der Waals surface area contributed by atoms with E-state index in [1.165, 1.54) is 11.8 Å².